The van der Waals surface area contributed by atoms with E-state index in [1.807, 2.05) is 13.8 Å². The Morgan fingerprint density at radius 2 is 1.36 bits per heavy atom. The highest BCUT2D eigenvalue weighted by molar-refractivity contribution is 5.95. The standard InChI is InChI=1S/C24H28N2O7/c1-3-15-32-24(30)17-5-7-18(8-6-17)26-22(28)16-33-23(29)14-13-21(27)25-19-9-11-20(12-10-19)31-4-2/h5-12H,3-4,13-16H2,1-2H3,(H,25,27)(H,26,28). The SMILES string of the molecule is CCCOC(=O)c1ccc(NC(=O)COC(=O)CCC(=O)Nc2ccc(OCC)cc2)cc1. The van der Waals surface area contributed by atoms with Gasteiger partial charge >= 0.3 is 11.9 Å². The summed E-state index contributed by atoms with van der Waals surface area (Å²) in [5.74, 6) is -1.29. The van der Waals surface area contributed by atoms with Gasteiger partial charge in [0.2, 0.25) is 5.91 Å². The summed E-state index contributed by atoms with van der Waals surface area (Å²) in [5.41, 5.74) is 1.40. The Hall–Kier alpha value is -3.88. The fourth-order valence-corrected chi connectivity index (χ4v) is 2.62. The van der Waals surface area contributed by atoms with Crippen molar-refractivity contribution in [3.63, 3.8) is 0 Å². The molecule has 0 saturated heterocycles. The topological polar surface area (TPSA) is 120 Å². The molecule has 2 amide bonds. The van der Waals surface area contributed by atoms with Gasteiger partial charge in [-0.05, 0) is 61.9 Å². The quantitative estimate of drug-likeness (QED) is 0.469. The molecule has 0 unspecified atom stereocenters. The van der Waals surface area contributed by atoms with Crippen LogP contribution in [0.2, 0.25) is 0 Å². The number of carbonyl (C=O) groups is 4. The first-order chi connectivity index (χ1) is 15.9. The van der Waals surface area contributed by atoms with E-state index in [0.717, 1.165) is 6.42 Å². The average Bonchev–Trinajstić information content (AvgIpc) is 2.81. The maximum Gasteiger partial charge on any atom is 0.338 e. The van der Waals surface area contributed by atoms with Gasteiger partial charge in [0, 0.05) is 17.8 Å². The maximum atomic E-state index is 12.0. The van der Waals surface area contributed by atoms with Crippen LogP contribution in [0.15, 0.2) is 48.5 Å². The van der Waals surface area contributed by atoms with Crippen molar-refractivity contribution < 1.29 is 33.4 Å². The molecule has 0 bridgehead atoms. The highest BCUT2D eigenvalue weighted by Crippen LogP contribution is 2.16. The fourth-order valence-electron chi connectivity index (χ4n) is 2.62. The summed E-state index contributed by atoms with van der Waals surface area (Å²) in [6.45, 7) is 4.18. The summed E-state index contributed by atoms with van der Waals surface area (Å²) in [4.78, 5) is 47.5. The van der Waals surface area contributed by atoms with Crippen LogP contribution in [-0.2, 0) is 23.9 Å². The van der Waals surface area contributed by atoms with Crippen molar-refractivity contribution in [3.8, 4) is 5.75 Å². The van der Waals surface area contributed by atoms with E-state index >= 15 is 0 Å². The number of benzene rings is 2. The molecule has 0 spiro atoms. The van der Waals surface area contributed by atoms with Crippen LogP contribution in [0.25, 0.3) is 0 Å². The molecule has 0 aromatic heterocycles. The largest absolute Gasteiger partial charge is 0.494 e. The van der Waals surface area contributed by atoms with Crippen LogP contribution in [0, 0.1) is 0 Å². The zero-order valence-electron chi connectivity index (χ0n) is 18.7. The van der Waals surface area contributed by atoms with Gasteiger partial charge in [0.05, 0.1) is 25.2 Å². The predicted octanol–water partition coefficient (Wildman–Crippen LogP) is 3.55. The fraction of sp³-hybridized carbons (Fsp3) is 0.333. The molecule has 0 aliphatic carbocycles. The molecular weight excluding hydrogens is 428 g/mol. The molecule has 2 rings (SSSR count). The molecule has 0 saturated carbocycles. The number of hydrogen-bond donors (Lipinski definition) is 2. The number of carbonyl (C=O) groups excluding carboxylic acids is 4. The monoisotopic (exact) mass is 456 g/mol. The molecule has 0 aliphatic heterocycles. The number of hydrogen-bond acceptors (Lipinski definition) is 7. The molecule has 0 heterocycles. The molecule has 0 radical (unpaired) electrons. The molecule has 0 atom stereocenters. The van der Waals surface area contributed by atoms with Crippen LogP contribution in [0.1, 0.15) is 43.5 Å². The van der Waals surface area contributed by atoms with Crippen molar-refractivity contribution in [1.82, 2.24) is 0 Å². The Labute approximate surface area is 192 Å². The van der Waals surface area contributed by atoms with Gasteiger partial charge in [-0.1, -0.05) is 6.92 Å². The van der Waals surface area contributed by atoms with Crippen LogP contribution in [-0.4, -0.2) is 43.6 Å². The van der Waals surface area contributed by atoms with E-state index in [2.05, 4.69) is 10.6 Å². The van der Waals surface area contributed by atoms with E-state index in [4.69, 9.17) is 14.2 Å². The molecule has 2 N–H and O–H groups in total. The third-order valence-corrected chi connectivity index (χ3v) is 4.21. The molecule has 0 aliphatic rings. The van der Waals surface area contributed by atoms with Crippen LogP contribution < -0.4 is 15.4 Å². The summed E-state index contributed by atoms with van der Waals surface area (Å²) in [6, 6.07) is 13.0. The number of nitrogens with one attached hydrogen (secondary N) is 2. The maximum absolute atomic E-state index is 12.0. The molecule has 9 nitrogen and oxygen atoms in total. The molecule has 9 heteroatoms. The van der Waals surface area contributed by atoms with E-state index in [1.165, 1.54) is 12.1 Å². The minimum absolute atomic E-state index is 0.0801. The second kappa shape index (κ2) is 13.5. The molecule has 176 valence electrons. The first kappa shape index (κ1) is 25.4. The summed E-state index contributed by atoms with van der Waals surface area (Å²) < 4.78 is 15.3. The van der Waals surface area contributed by atoms with Gasteiger partial charge in [0.25, 0.3) is 5.91 Å². The van der Waals surface area contributed by atoms with Crippen molar-refractivity contribution in [1.29, 1.82) is 0 Å². The van der Waals surface area contributed by atoms with Crippen LogP contribution in [0.5, 0.6) is 5.75 Å². The molecule has 33 heavy (non-hydrogen) atoms. The molecule has 2 aromatic rings. The van der Waals surface area contributed by atoms with E-state index < -0.39 is 24.5 Å². The summed E-state index contributed by atoms with van der Waals surface area (Å²) in [5, 5.41) is 5.23. The Bertz CT molecular complexity index is 940. The second-order valence-corrected chi connectivity index (χ2v) is 6.93. The minimum atomic E-state index is -0.666. The van der Waals surface area contributed by atoms with Gasteiger partial charge in [-0.2, -0.15) is 0 Å². The number of ether oxygens (including phenoxy) is 3. The highest BCUT2D eigenvalue weighted by atomic mass is 16.5. The van der Waals surface area contributed by atoms with E-state index in [9.17, 15) is 19.2 Å². The zero-order valence-corrected chi connectivity index (χ0v) is 18.7. The lowest BCUT2D eigenvalue weighted by Crippen LogP contribution is -2.21. The number of amides is 2. The zero-order chi connectivity index (χ0) is 24.1. The Balaban J connectivity index is 1.67. The Morgan fingerprint density at radius 1 is 0.758 bits per heavy atom. The second-order valence-electron chi connectivity index (χ2n) is 6.93. The summed E-state index contributed by atoms with van der Waals surface area (Å²) in [7, 11) is 0. The molecule has 0 fully saturated rings. The van der Waals surface area contributed by atoms with Crippen molar-refractivity contribution in [2.24, 2.45) is 0 Å². The molecular formula is C24H28N2O7. The Morgan fingerprint density at radius 3 is 1.97 bits per heavy atom. The first-order valence-electron chi connectivity index (χ1n) is 10.7. The van der Waals surface area contributed by atoms with E-state index in [1.54, 1.807) is 36.4 Å². The van der Waals surface area contributed by atoms with Crippen molar-refractivity contribution in [2.75, 3.05) is 30.5 Å². The van der Waals surface area contributed by atoms with Gasteiger partial charge in [0.1, 0.15) is 5.75 Å². The third-order valence-electron chi connectivity index (χ3n) is 4.21. The Kier molecular flexibility index (Phi) is 10.4. The summed E-state index contributed by atoms with van der Waals surface area (Å²) >= 11 is 0. The van der Waals surface area contributed by atoms with Crippen molar-refractivity contribution >= 4 is 35.1 Å². The number of anilines is 2. The van der Waals surface area contributed by atoms with E-state index in [0.29, 0.717) is 35.9 Å². The highest BCUT2D eigenvalue weighted by Gasteiger charge is 2.12. The normalized spacial score (nSPS) is 10.1. The smallest absolute Gasteiger partial charge is 0.338 e. The van der Waals surface area contributed by atoms with Crippen LogP contribution >= 0.6 is 0 Å². The lowest BCUT2D eigenvalue weighted by Gasteiger charge is -2.08. The lowest BCUT2D eigenvalue weighted by molar-refractivity contribution is -0.147. The molecule has 2 aromatic carbocycles. The number of rotatable bonds is 12. The van der Waals surface area contributed by atoms with Crippen molar-refractivity contribution in [2.45, 2.75) is 33.1 Å². The number of esters is 2. The van der Waals surface area contributed by atoms with Gasteiger partial charge in [-0.3, -0.25) is 14.4 Å². The predicted molar refractivity (Wildman–Crippen MR) is 122 cm³/mol. The van der Waals surface area contributed by atoms with Crippen molar-refractivity contribution in [3.05, 3.63) is 54.1 Å². The van der Waals surface area contributed by atoms with Crippen LogP contribution in [0.4, 0.5) is 11.4 Å². The van der Waals surface area contributed by atoms with Gasteiger partial charge in [-0.15, -0.1) is 0 Å². The van der Waals surface area contributed by atoms with Gasteiger partial charge in [0.15, 0.2) is 6.61 Å². The summed E-state index contributed by atoms with van der Waals surface area (Å²) in [6.07, 6.45) is 0.486. The van der Waals surface area contributed by atoms with Crippen LogP contribution in [0.3, 0.4) is 0 Å². The lowest BCUT2D eigenvalue weighted by atomic mass is 10.2. The van der Waals surface area contributed by atoms with Gasteiger partial charge in [-0.25, -0.2) is 4.79 Å². The van der Waals surface area contributed by atoms with E-state index in [-0.39, 0.29) is 18.7 Å². The van der Waals surface area contributed by atoms with Gasteiger partial charge < -0.3 is 24.8 Å². The average molecular weight is 456 g/mol. The minimum Gasteiger partial charge on any atom is -0.494 e. The first-order valence-corrected chi connectivity index (χ1v) is 10.7. The third kappa shape index (κ3) is 9.42.